The molecule has 6 heterocycles. The summed E-state index contributed by atoms with van der Waals surface area (Å²) in [4.78, 5) is 38.4. The van der Waals surface area contributed by atoms with E-state index in [2.05, 4.69) is 20.8 Å². The zero-order valence-corrected chi connectivity index (χ0v) is 43.8. The van der Waals surface area contributed by atoms with Crippen LogP contribution in [-0.2, 0) is 57.0 Å². The van der Waals surface area contributed by atoms with Crippen molar-refractivity contribution >= 4 is 17.9 Å². The predicted molar refractivity (Wildman–Crippen MR) is 267 cm³/mol. The summed E-state index contributed by atoms with van der Waals surface area (Å²) >= 11 is 0. The molecule has 0 aromatic carbocycles. The van der Waals surface area contributed by atoms with Gasteiger partial charge in [-0.3, -0.25) is 14.4 Å². The Morgan fingerprint density at radius 1 is 0.333 bits per heavy atom. The Balaban J connectivity index is 0.762. The topological polar surface area (TPSA) is 154 Å². The van der Waals surface area contributed by atoms with E-state index in [-0.39, 0.29) is 31.1 Å². The molecular weight excluding hydrogens is 877 g/mol. The van der Waals surface area contributed by atoms with Crippen molar-refractivity contribution in [3.05, 3.63) is 0 Å². The highest BCUT2D eigenvalue weighted by Crippen LogP contribution is 2.42. The first-order chi connectivity index (χ1) is 33.8. The van der Waals surface area contributed by atoms with E-state index in [1.165, 1.54) is 70.6 Å². The van der Waals surface area contributed by atoms with Gasteiger partial charge in [0.15, 0.2) is 6.10 Å². The van der Waals surface area contributed by atoms with E-state index in [1.807, 2.05) is 0 Å². The van der Waals surface area contributed by atoms with Crippen LogP contribution in [0.2, 0.25) is 0 Å². The van der Waals surface area contributed by atoms with Crippen molar-refractivity contribution in [3.63, 3.8) is 0 Å². The molecule has 0 amide bonds. The molecule has 0 spiro atoms. The summed E-state index contributed by atoms with van der Waals surface area (Å²) in [6, 6.07) is 0. The molecule has 13 unspecified atom stereocenters. The Hall–Kier alpha value is -1.83. The molecule has 12 nitrogen and oxygen atoms in total. The molecule has 0 aliphatic carbocycles. The number of carbonyl (C=O) groups is 3. The number of hydrogen-bond acceptors (Lipinski definition) is 12. The number of carbonyl (C=O) groups excluding carboxylic acids is 3. The molecule has 0 radical (unpaired) electrons. The van der Waals surface area contributed by atoms with Crippen molar-refractivity contribution in [3.8, 4) is 0 Å². The molecule has 6 aliphatic rings. The van der Waals surface area contributed by atoms with Crippen LogP contribution >= 0.6 is 0 Å². The smallest absolute Gasteiger partial charge is 0.306 e. The quantitative estimate of drug-likeness (QED) is 0.0247. The molecule has 0 N–H and O–H groups in total. The van der Waals surface area contributed by atoms with Crippen molar-refractivity contribution < 1.29 is 57.0 Å². The maximum Gasteiger partial charge on any atom is 0.306 e. The Morgan fingerprint density at radius 3 is 1.01 bits per heavy atom. The van der Waals surface area contributed by atoms with Gasteiger partial charge in [-0.25, -0.2) is 0 Å². The normalized spacial score (nSPS) is 29.6. The molecule has 0 aromatic rings. The third kappa shape index (κ3) is 24.6. The SMILES string of the molecule is CCCCCCCCC1OC1CCCCCCCC(=O)OC(COC(=O)CCCCCCCC1OC1CC1OC1CCCCC)COC(=O)CCCCCCCC1OC1CC1OC1CC1OC1CC. The van der Waals surface area contributed by atoms with Gasteiger partial charge in [0.05, 0.1) is 73.2 Å². The second-order valence-electron chi connectivity index (χ2n) is 21.8. The van der Waals surface area contributed by atoms with Crippen molar-refractivity contribution in [1.82, 2.24) is 0 Å². The van der Waals surface area contributed by atoms with E-state index in [4.69, 9.17) is 42.6 Å². The van der Waals surface area contributed by atoms with Crippen LogP contribution in [0.4, 0.5) is 0 Å². The van der Waals surface area contributed by atoms with Gasteiger partial charge < -0.3 is 42.6 Å². The molecular formula is C57H98O12. The predicted octanol–water partition coefficient (Wildman–Crippen LogP) is 12.7. The second kappa shape index (κ2) is 32.4. The average molecular weight is 975 g/mol. The van der Waals surface area contributed by atoms with Gasteiger partial charge in [0.2, 0.25) is 0 Å². The number of unbranched alkanes of at least 4 members (excludes halogenated alkanes) is 19. The number of rotatable bonds is 47. The molecule has 0 saturated carbocycles. The monoisotopic (exact) mass is 975 g/mol. The fraction of sp³-hybridized carbons (Fsp3) is 0.947. The minimum absolute atomic E-state index is 0.108. The van der Waals surface area contributed by atoms with Crippen LogP contribution in [-0.4, -0.2) is 110 Å². The van der Waals surface area contributed by atoms with E-state index >= 15 is 0 Å². The van der Waals surface area contributed by atoms with Gasteiger partial charge in [-0.05, 0) is 57.8 Å². The van der Waals surface area contributed by atoms with E-state index in [1.54, 1.807) is 0 Å². The molecule has 6 saturated heterocycles. The summed E-state index contributed by atoms with van der Waals surface area (Å²) in [6.45, 7) is 6.46. The van der Waals surface area contributed by atoms with Crippen LogP contribution < -0.4 is 0 Å². The van der Waals surface area contributed by atoms with Crippen LogP contribution in [0.3, 0.4) is 0 Å². The fourth-order valence-electron chi connectivity index (χ4n) is 10.7. The Labute approximate surface area is 418 Å². The molecule has 6 fully saturated rings. The summed E-state index contributed by atoms with van der Waals surface area (Å²) < 4.78 is 52.1. The lowest BCUT2D eigenvalue weighted by Gasteiger charge is -2.18. The minimum atomic E-state index is -0.813. The lowest BCUT2D eigenvalue weighted by Crippen LogP contribution is -2.30. The van der Waals surface area contributed by atoms with Crippen LogP contribution in [0.15, 0.2) is 0 Å². The molecule has 398 valence electrons. The highest BCUT2D eigenvalue weighted by Gasteiger charge is 2.51. The van der Waals surface area contributed by atoms with E-state index in [9.17, 15) is 14.4 Å². The summed E-state index contributed by atoms with van der Waals surface area (Å²) in [5.74, 6) is -0.961. The van der Waals surface area contributed by atoms with Crippen molar-refractivity contribution in [2.75, 3.05) is 13.2 Å². The van der Waals surface area contributed by atoms with Crippen LogP contribution in [0.5, 0.6) is 0 Å². The molecule has 6 aliphatic heterocycles. The van der Waals surface area contributed by atoms with E-state index < -0.39 is 6.10 Å². The second-order valence-corrected chi connectivity index (χ2v) is 21.8. The fourth-order valence-corrected chi connectivity index (χ4v) is 10.7. The highest BCUT2D eigenvalue weighted by molar-refractivity contribution is 5.71. The molecule has 6 rings (SSSR count). The summed E-state index contributed by atoms with van der Waals surface area (Å²) in [7, 11) is 0. The van der Waals surface area contributed by atoms with Gasteiger partial charge in [0.1, 0.15) is 13.2 Å². The van der Waals surface area contributed by atoms with Crippen molar-refractivity contribution in [2.45, 2.75) is 331 Å². The van der Waals surface area contributed by atoms with Crippen molar-refractivity contribution in [1.29, 1.82) is 0 Å². The van der Waals surface area contributed by atoms with Gasteiger partial charge in [-0.15, -0.1) is 0 Å². The number of esters is 3. The molecule has 12 heteroatoms. The lowest BCUT2D eigenvalue weighted by molar-refractivity contribution is -0.167. The van der Waals surface area contributed by atoms with E-state index in [0.29, 0.717) is 92.5 Å². The zero-order chi connectivity index (χ0) is 48.5. The maximum atomic E-state index is 12.9. The maximum absolute atomic E-state index is 12.9. The Kier molecular flexibility index (Phi) is 26.5. The highest BCUT2D eigenvalue weighted by atomic mass is 16.6. The Bertz CT molecular complexity index is 1430. The largest absolute Gasteiger partial charge is 0.462 e. The van der Waals surface area contributed by atoms with Crippen molar-refractivity contribution in [2.24, 2.45) is 0 Å². The molecule has 13 atom stereocenters. The van der Waals surface area contributed by atoms with Crippen LogP contribution in [0, 0.1) is 0 Å². The number of epoxide rings is 6. The standard InChI is InChI=1S/C57H98O12/c1-4-7-9-10-14-22-30-44-45(65-44)31-23-15-13-20-28-36-57(60)63-42(40-61-55(58)34-26-18-11-16-24-32-47-51(67-47)38-50-46(66-50)29-21-8-5-2)41-62-56(59)35-27-19-12-17-25-33-48-52(68-48)39-54-53(69-54)37-49-43(6-3)64-49/h42-54H,4-41H2,1-3H3. The molecule has 69 heavy (non-hydrogen) atoms. The molecule has 0 bridgehead atoms. The average Bonchev–Trinajstić information content (AvgIpc) is 4.09. The Morgan fingerprint density at radius 2 is 0.609 bits per heavy atom. The summed E-state index contributed by atoms with van der Waals surface area (Å²) in [5.41, 5.74) is 0. The number of ether oxygens (including phenoxy) is 9. The number of hydrogen-bond donors (Lipinski definition) is 0. The third-order valence-corrected chi connectivity index (χ3v) is 15.6. The zero-order valence-electron chi connectivity index (χ0n) is 43.8. The third-order valence-electron chi connectivity index (χ3n) is 15.6. The summed E-state index contributed by atoms with van der Waals surface area (Å²) in [5, 5.41) is 0. The van der Waals surface area contributed by atoms with Gasteiger partial charge >= 0.3 is 17.9 Å². The van der Waals surface area contributed by atoms with Crippen LogP contribution in [0.25, 0.3) is 0 Å². The first-order valence-corrected chi connectivity index (χ1v) is 29.3. The van der Waals surface area contributed by atoms with Gasteiger partial charge in [-0.2, -0.15) is 0 Å². The van der Waals surface area contributed by atoms with Crippen LogP contribution in [0.1, 0.15) is 252 Å². The first-order valence-electron chi connectivity index (χ1n) is 29.3. The van der Waals surface area contributed by atoms with Gasteiger partial charge in [0.25, 0.3) is 0 Å². The lowest BCUT2D eigenvalue weighted by atomic mass is 10.0. The van der Waals surface area contributed by atoms with Gasteiger partial charge in [0, 0.05) is 38.5 Å². The van der Waals surface area contributed by atoms with Gasteiger partial charge in [-0.1, -0.05) is 156 Å². The summed E-state index contributed by atoms with van der Waals surface area (Å²) in [6.07, 6.45) is 41.9. The van der Waals surface area contributed by atoms with E-state index in [0.717, 1.165) is 141 Å². The minimum Gasteiger partial charge on any atom is -0.462 e. The molecule has 0 aromatic heterocycles. The first kappa shape index (κ1) is 56.5.